The van der Waals surface area contributed by atoms with Gasteiger partial charge in [0, 0.05) is 64.6 Å². The van der Waals surface area contributed by atoms with Crippen LogP contribution in [-0.2, 0) is 45.2 Å². The number of hydrogen-bond acceptors (Lipinski definition) is 11. The Morgan fingerprint density at radius 3 is 1.91 bits per heavy atom. The summed E-state index contributed by atoms with van der Waals surface area (Å²) in [4.78, 5) is 29.0. The highest BCUT2D eigenvalue weighted by atomic mass is 16.7. The van der Waals surface area contributed by atoms with Crippen LogP contribution in [0.3, 0.4) is 0 Å². The maximum atomic E-state index is 13.4. The van der Waals surface area contributed by atoms with Gasteiger partial charge in [-0.15, -0.1) is 10.2 Å². The number of nitrogens with zero attached hydrogens (tertiary/aromatic N) is 6. The van der Waals surface area contributed by atoms with E-state index in [4.69, 9.17) is 24.2 Å². The van der Waals surface area contributed by atoms with Gasteiger partial charge >= 0.3 is 0 Å². The van der Waals surface area contributed by atoms with Gasteiger partial charge in [-0.25, -0.2) is 0 Å². The standard InChI is InChI=1S/C26H28N6O3.C26H29N3O3/c1-25(2,3)22-13-16-12-18(5-6-19(16)32(22)11-8-23-28-30-31-29-23)27-24(33)26(9-10-26)17-4-7-20-21(14-17)35-15-34-20;1-25(2,3)23-14-17-13-19(6-7-20(17)29(23)12-4-11-27)28-24(30)26(9-10-26)18-5-8-21-22(15-18)32-16-31-21/h4-7,12-14H,8-11,15H2,1-3H3,(H,27,33)(H,28,29,30,31);5-8,13,15,23H,4,9-10,12,14,16H2,1-3H3,(H,28,30). The van der Waals surface area contributed by atoms with Crippen molar-refractivity contribution in [3.63, 3.8) is 0 Å². The Morgan fingerprint density at radius 1 is 0.761 bits per heavy atom. The summed E-state index contributed by atoms with van der Waals surface area (Å²) in [6.07, 6.45) is 5.40. The Bertz CT molecular complexity index is 2910. The van der Waals surface area contributed by atoms with Gasteiger partial charge in [0.2, 0.25) is 25.4 Å². The summed E-state index contributed by atoms with van der Waals surface area (Å²) in [7, 11) is 0. The van der Waals surface area contributed by atoms with Crippen LogP contribution < -0.4 is 34.5 Å². The van der Waals surface area contributed by atoms with Gasteiger partial charge < -0.3 is 39.0 Å². The number of aromatic amines is 1. The molecule has 67 heavy (non-hydrogen) atoms. The third-order valence-electron chi connectivity index (χ3n) is 14.0. The lowest BCUT2D eigenvalue weighted by Crippen LogP contribution is -2.42. The first-order valence-corrected chi connectivity index (χ1v) is 23.2. The summed E-state index contributed by atoms with van der Waals surface area (Å²) in [6.45, 7) is 15.3. The first-order valence-electron chi connectivity index (χ1n) is 23.2. The molecule has 0 saturated heterocycles. The van der Waals surface area contributed by atoms with Gasteiger partial charge in [0.25, 0.3) is 0 Å². The number of fused-ring (bicyclic) bond motifs is 4. The van der Waals surface area contributed by atoms with Crippen LogP contribution in [0.2, 0.25) is 0 Å². The number of carbonyl (C=O) groups excluding carboxylic acids is 2. The number of ether oxygens (including phenoxy) is 4. The summed E-state index contributed by atoms with van der Waals surface area (Å²) in [5.74, 6) is 3.62. The van der Waals surface area contributed by atoms with Crippen molar-refractivity contribution in [3.05, 3.63) is 107 Å². The smallest absolute Gasteiger partial charge is 0.235 e. The lowest BCUT2D eigenvalue weighted by Gasteiger charge is -2.36. The zero-order chi connectivity index (χ0) is 46.7. The highest BCUT2D eigenvalue weighted by Crippen LogP contribution is 2.53. The SMILES string of the molecule is CC(C)(C)C1Cc2cc(NC(=O)C3(c4ccc5c(c4)OCO5)CC3)ccc2N1CCC#N.CC(C)(C)c1cc2cc(NC(=O)C3(c4ccc5c(c4)OCO5)CC3)ccc2n1CCc1nn[nH]n1. The number of benzene rings is 4. The molecule has 2 saturated carbocycles. The van der Waals surface area contributed by atoms with Crippen LogP contribution >= 0.6 is 0 Å². The van der Waals surface area contributed by atoms with Crippen molar-refractivity contribution < 1.29 is 28.5 Å². The maximum absolute atomic E-state index is 13.4. The van der Waals surface area contributed by atoms with E-state index in [2.05, 4.69) is 119 Å². The molecule has 0 spiro atoms. The Labute approximate surface area is 390 Å². The van der Waals surface area contributed by atoms with Gasteiger partial charge in [0.15, 0.2) is 28.8 Å². The average molecular weight is 904 g/mol. The third kappa shape index (κ3) is 8.38. The number of tetrazole rings is 1. The Kier molecular flexibility index (Phi) is 10.9. The monoisotopic (exact) mass is 903 g/mol. The van der Waals surface area contributed by atoms with Crippen molar-refractivity contribution in [3.8, 4) is 29.1 Å². The highest BCUT2D eigenvalue weighted by Gasteiger charge is 2.53. The molecule has 2 amide bonds. The summed E-state index contributed by atoms with van der Waals surface area (Å²) < 4.78 is 24.2. The molecule has 5 heterocycles. The van der Waals surface area contributed by atoms with E-state index >= 15 is 0 Å². The van der Waals surface area contributed by atoms with E-state index in [0.29, 0.717) is 36.2 Å². The van der Waals surface area contributed by atoms with Crippen molar-refractivity contribution in [2.45, 2.75) is 115 Å². The van der Waals surface area contributed by atoms with Crippen LogP contribution in [0.5, 0.6) is 23.0 Å². The van der Waals surface area contributed by atoms with Gasteiger partial charge in [0.1, 0.15) is 0 Å². The number of anilines is 3. The molecule has 11 rings (SSSR count). The zero-order valence-electron chi connectivity index (χ0n) is 39.0. The number of carbonyl (C=O) groups is 2. The largest absolute Gasteiger partial charge is 0.454 e. The van der Waals surface area contributed by atoms with Crippen molar-refractivity contribution in [2.24, 2.45) is 5.41 Å². The number of aryl methyl sites for hydroxylation is 2. The third-order valence-corrected chi connectivity index (χ3v) is 14.0. The van der Waals surface area contributed by atoms with Gasteiger partial charge in [-0.1, -0.05) is 58.9 Å². The molecule has 2 aromatic heterocycles. The van der Waals surface area contributed by atoms with Crippen molar-refractivity contribution in [1.29, 1.82) is 5.26 Å². The number of nitrogens with one attached hydrogen (secondary N) is 3. The fourth-order valence-electron chi connectivity index (χ4n) is 9.96. The predicted octanol–water partition coefficient (Wildman–Crippen LogP) is 8.87. The summed E-state index contributed by atoms with van der Waals surface area (Å²) >= 11 is 0. The Morgan fingerprint density at radius 2 is 1.36 bits per heavy atom. The van der Waals surface area contributed by atoms with Gasteiger partial charge in [-0.2, -0.15) is 10.5 Å². The number of rotatable bonds is 11. The molecule has 1 unspecified atom stereocenters. The van der Waals surface area contributed by atoms with E-state index in [9.17, 15) is 9.59 Å². The molecule has 2 aliphatic carbocycles. The molecule has 3 N–H and O–H groups in total. The Hall–Kier alpha value is -7.08. The van der Waals surface area contributed by atoms with Gasteiger partial charge in [-0.05, 0) is 121 Å². The first-order chi connectivity index (χ1) is 32.1. The topological polar surface area (TPSA) is 182 Å². The minimum absolute atomic E-state index is 0.0169. The van der Waals surface area contributed by atoms with Crippen molar-refractivity contribution in [1.82, 2.24) is 25.2 Å². The second-order valence-electron chi connectivity index (χ2n) is 20.5. The van der Waals surface area contributed by atoms with E-state index in [1.54, 1.807) is 0 Å². The second-order valence-corrected chi connectivity index (χ2v) is 20.5. The van der Waals surface area contributed by atoms with E-state index < -0.39 is 10.8 Å². The molecular weight excluding hydrogens is 847 g/mol. The number of amides is 2. The molecule has 6 aromatic rings. The molecule has 3 aliphatic heterocycles. The summed E-state index contributed by atoms with van der Waals surface area (Å²) in [5.41, 5.74) is 7.37. The molecule has 2 fully saturated rings. The molecule has 15 nitrogen and oxygen atoms in total. The van der Waals surface area contributed by atoms with E-state index in [-0.39, 0.29) is 36.2 Å². The molecule has 346 valence electrons. The molecule has 0 radical (unpaired) electrons. The van der Waals surface area contributed by atoms with Crippen LogP contribution in [0.25, 0.3) is 10.9 Å². The average Bonchev–Trinajstić information content (AvgIpc) is 3.83. The van der Waals surface area contributed by atoms with Crippen molar-refractivity contribution in [2.75, 3.05) is 35.7 Å². The number of H-pyrrole nitrogens is 1. The van der Waals surface area contributed by atoms with E-state index in [1.165, 1.54) is 16.9 Å². The Balaban J connectivity index is 0.000000157. The second kappa shape index (κ2) is 16.7. The maximum Gasteiger partial charge on any atom is 0.235 e. The minimum Gasteiger partial charge on any atom is -0.454 e. The minimum atomic E-state index is -0.511. The van der Waals surface area contributed by atoms with Crippen LogP contribution in [0.15, 0.2) is 78.9 Å². The summed E-state index contributed by atoms with van der Waals surface area (Å²) in [6, 6.07) is 28.7. The summed E-state index contributed by atoms with van der Waals surface area (Å²) in [5, 5.41) is 30.9. The lowest BCUT2D eigenvalue weighted by atomic mass is 9.84. The molecule has 15 heteroatoms. The van der Waals surface area contributed by atoms with Crippen molar-refractivity contribution >= 4 is 39.8 Å². The number of nitriles is 1. The normalized spacial score (nSPS) is 17.9. The quantitative estimate of drug-likeness (QED) is 0.113. The lowest BCUT2D eigenvalue weighted by molar-refractivity contribution is -0.119. The molecule has 0 bridgehead atoms. The fourth-order valence-corrected chi connectivity index (χ4v) is 9.96. The number of hydrogen-bond donors (Lipinski definition) is 3. The van der Waals surface area contributed by atoms with E-state index in [1.807, 2.05) is 48.5 Å². The highest BCUT2D eigenvalue weighted by molar-refractivity contribution is 6.03. The predicted molar refractivity (Wildman–Crippen MR) is 254 cm³/mol. The van der Waals surface area contributed by atoms with Crippen LogP contribution in [-0.4, -0.2) is 63.2 Å². The van der Waals surface area contributed by atoms with Crippen LogP contribution in [0.1, 0.15) is 102 Å². The van der Waals surface area contributed by atoms with Crippen LogP contribution in [0, 0.1) is 16.7 Å². The molecular formula is C52H57N9O6. The molecule has 5 aliphatic rings. The zero-order valence-corrected chi connectivity index (χ0v) is 39.0. The van der Waals surface area contributed by atoms with Gasteiger partial charge in [-0.3, -0.25) is 9.59 Å². The first kappa shape index (κ1) is 43.8. The van der Waals surface area contributed by atoms with Gasteiger partial charge in [0.05, 0.1) is 23.3 Å². The number of aromatic nitrogens is 5. The molecule has 4 aromatic carbocycles. The fraction of sp³-hybridized carbons (Fsp3) is 0.423. The molecule has 1 atom stereocenters. The van der Waals surface area contributed by atoms with E-state index in [0.717, 1.165) is 90.1 Å². The van der Waals surface area contributed by atoms with Crippen LogP contribution in [0.4, 0.5) is 17.1 Å².